The minimum atomic E-state index is -0.239. The van der Waals surface area contributed by atoms with E-state index in [4.69, 9.17) is 0 Å². The van der Waals surface area contributed by atoms with Gasteiger partial charge in [-0.3, -0.25) is 4.79 Å². The summed E-state index contributed by atoms with van der Waals surface area (Å²) in [6.07, 6.45) is 0.410. The molecule has 100 valence electrons. The van der Waals surface area contributed by atoms with Gasteiger partial charge in [0.25, 0.3) is 0 Å². The van der Waals surface area contributed by atoms with Crippen LogP contribution in [0.5, 0.6) is 0 Å². The third-order valence-electron chi connectivity index (χ3n) is 2.71. The Morgan fingerprint density at radius 2 is 2.17 bits per heavy atom. The quantitative estimate of drug-likeness (QED) is 0.906. The maximum Gasteiger partial charge on any atom is 0.223 e. The molecule has 0 aliphatic rings. The van der Waals surface area contributed by atoms with Gasteiger partial charge in [-0.1, -0.05) is 15.9 Å². The van der Waals surface area contributed by atoms with Crippen LogP contribution in [-0.4, -0.2) is 31.4 Å². The highest BCUT2D eigenvalue weighted by Crippen LogP contribution is 2.21. The summed E-state index contributed by atoms with van der Waals surface area (Å²) in [7, 11) is 3.44. The standard InChI is InChI=1S/C13H18BrFN2O/c1-9(16-7-6-13(18)17(2)3)11-8-10(14)4-5-12(11)15/h4-5,8-9,16H,6-7H2,1-3H3. The van der Waals surface area contributed by atoms with Gasteiger partial charge in [0.15, 0.2) is 0 Å². The lowest BCUT2D eigenvalue weighted by Gasteiger charge is -2.16. The molecule has 1 N–H and O–H groups in total. The second-order valence-corrected chi connectivity index (χ2v) is 5.30. The van der Waals surface area contributed by atoms with Crippen molar-refractivity contribution in [3.8, 4) is 0 Å². The molecule has 0 aliphatic heterocycles. The van der Waals surface area contributed by atoms with Crippen LogP contribution < -0.4 is 5.32 Å². The van der Waals surface area contributed by atoms with Crippen LogP contribution >= 0.6 is 15.9 Å². The summed E-state index contributed by atoms with van der Waals surface area (Å²) in [6, 6.07) is 4.72. The Bertz CT molecular complexity index is 423. The smallest absolute Gasteiger partial charge is 0.223 e. The number of halogens is 2. The van der Waals surface area contributed by atoms with Gasteiger partial charge in [-0.25, -0.2) is 4.39 Å². The largest absolute Gasteiger partial charge is 0.349 e. The molecule has 5 heteroatoms. The molecule has 0 aromatic heterocycles. The Hall–Kier alpha value is -0.940. The average Bonchev–Trinajstić information content (AvgIpc) is 2.31. The van der Waals surface area contributed by atoms with Crippen molar-refractivity contribution in [2.45, 2.75) is 19.4 Å². The van der Waals surface area contributed by atoms with Gasteiger partial charge in [-0.2, -0.15) is 0 Å². The lowest BCUT2D eigenvalue weighted by molar-refractivity contribution is -0.128. The summed E-state index contributed by atoms with van der Waals surface area (Å²) in [6.45, 7) is 2.41. The van der Waals surface area contributed by atoms with Crippen LogP contribution in [-0.2, 0) is 4.79 Å². The Balaban J connectivity index is 2.53. The average molecular weight is 317 g/mol. The number of amides is 1. The molecule has 0 heterocycles. The molecule has 0 aliphatic carbocycles. The maximum atomic E-state index is 13.6. The van der Waals surface area contributed by atoms with Crippen LogP contribution in [0.2, 0.25) is 0 Å². The van der Waals surface area contributed by atoms with Crippen LogP contribution in [0.4, 0.5) is 4.39 Å². The molecule has 1 aromatic carbocycles. The molecule has 3 nitrogen and oxygen atoms in total. The van der Waals surface area contributed by atoms with Crippen molar-refractivity contribution in [2.75, 3.05) is 20.6 Å². The molecular formula is C13H18BrFN2O. The number of hydrogen-bond donors (Lipinski definition) is 1. The zero-order valence-corrected chi connectivity index (χ0v) is 12.4. The number of rotatable bonds is 5. The minimum absolute atomic E-state index is 0.0596. The lowest BCUT2D eigenvalue weighted by atomic mass is 10.1. The monoisotopic (exact) mass is 316 g/mol. The highest BCUT2D eigenvalue weighted by molar-refractivity contribution is 9.10. The first-order valence-electron chi connectivity index (χ1n) is 5.80. The number of nitrogens with zero attached hydrogens (tertiary/aromatic N) is 1. The molecule has 0 saturated carbocycles. The molecule has 1 aromatic rings. The van der Waals surface area contributed by atoms with E-state index < -0.39 is 0 Å². The van der Waals surface area contributed by atoms with Gasteiger partial charge >= 0.3 is 0 Å². The van der Waals surface area contributed by atoms with E-state index in [9.17, 15) is 9.18 Å². The molecule has 1 amide bonds. The lowest BCUT2D eigenvalue weighted by Crippen LogP contribution is -2.28. The predicted octanol–water partition coefficient (Wildman–Crippen LogP) is 2.72. The van der Waals surface area contributed by atoms with Crippen molar-refractivity contribution in [1.82, 2.24) is 10.2 Å². The van der Waals surface area contributed by atoms with Gasteiger partial charge in [0, 0.05) is 43.1 Å². The first kappa shape index (κ1) is 15.1. The third kappa shape index (κ3) is 4.38. The molecule has 0 radical (unpaired) electrons. The highest BCUT2D eigenvalue weighted by atomic mass is 79.9. The van der Waals surface area contributed by atoms with Crippen LogP contribution in [0.15, 0.2) is 22.7 Å². The predicted molar refractivity (Wildman–Crippen MR) is 73.8 cm³/mol. The fourth-order valence-corrected chi connectivity index (χ4v) is 1.95. The zero-order valence-electron chi connectivity index (χ0n) is 10.8. The topological polar surface area (TPSA) is 32.3 Å². The van der Waals surface area contributed by atoms with Crippen molar-refractivity contribution >= 4 is 21.8 Å². The summed E-state index contributed by atoms with van der Waals surface area (Å²) < 4.78 is 14.4. The first-order chi connectivity index (χ1) is 8.41. The molecule has 1 rings (SSSR count). The van der Waals surface area contributed by atoms with Crippen molar-refractivity contribution in [1.29, 1.82) is 0 Å². The fraction of sp³-hybridized carbons (Fsp3) is 0.462. The van der Waals surface area contributed by atoms with Crippen molar-refractivity contribution in [3.63, 3.8) is 0 Å². The SMILES string of the molecule is CC(NCCC(=O)N(C)C)c1cc(Br)ccc1F. The van der Waals surface area contributed by atoms with Crippen LogP contribution in [0, 0.1) is 5.82 Å². The maximum absolute atomic E-state index is 13.6. The molecule has 0 bridgehead atoms. The van der Waals surface area contributed by atoms with E-state index in [0.29, 0.717) is 18.5 Å². The van der Waals surface area contributed by atoms with E-state index in [1.54, 1.807) is 31.1 Å². The summed E-state index contributed by atoms with van der Waals surface area (Å²) in [5.41, 5.74) is 0.599. The molecule has 1 atom stereocenters. The summed E-state index contributed by atoms with van der Waals surface area (Å²) in [5, 5.41) is 3.14. The first-order valence-corrected chi connectivity index (χ1v) is 6.59. The Labute approximate surface area is 115 Å². The van der Waals surface area contributed by atoms with E-state index >= 15 is 0 Å². The summed E-state index contributed by atoms with van der Waals surface area (Å²) >= 11 is 3.32. The van der Waals surface area contributed by atoms with Crippen LogP contribution in [0.3, 0.4) is 0 Å². The molecule has 18 heavy (non-hydrogen) atoms. The van der Waals surface area contributed by atoms with Gasteiger partial charge in [0.2, 0.25) is 5.91 Å². The van der Waals surface area contributed by atoms with E-state index in [-0.39, 0.29) is 17.8 Å². The van der Waals surface area contributed by atoms with Crippen LogP contribution in [0.1, 0.15) is 24.9 Å². The Morgan fingerprint density at radius 3 is 2.78 bits per heavy atom. The Morgan fingerprint density at radius 1 is 1.50 bits per heavy atom. The zero-order chi connectivity index (χ0) is 13.7. The fourth-order valence-electron chi connectivity index (χ4n) is 1.58. The van der Waals surface area contributed by atoms with E-state index in [1.165, 1.54) is 6.07 Å². The number of hydrogen-bond acceptors (Lipinski definition) is 2. The van der Waals surface area contributed by atoms with Gasteiger partial charge in [-0.15, -0.1) is 0 Å². The third-order valence-corrected chi connectivity index (χ3v) is 3.21. The Kier molecular flexibility index (Phi) is 5.75. The molecule has 0 saturated heterocycles. The van der Waals surface area contributed by atoms with Crippen molar-refractivity contribution in [2.24, 2.45) is 0 Å². The molecular weight excluding hydrogens is 299 g/mol. The van der Waals surface area contributed by atoms with Crippen molar-refractivity contribution in [3.05, 3.63) is 34.1 Å². The second kappa shape index (κ2) is 6.85. The molecule has 1 unspecified atom stereocenters. The van der Waals surface area contributed by atoms with E-state index in [1.807, 2.05) is 6.92 Å². The number of nitrogens with one attached hydrogen (secondary N) is 1. The van der Waals surface area contributed by atoms with E-state index in [0.717, 1.165) is 4.47 Å². The van der Waals surface area contributed by atoms with Crippen molar-refractivity contribution < 1.29 is 9.18 Å². The van der Waals surface area contributed by atoms with Gasteiger partial charge in [-0.05, 0) is 25.1 Å². The van der Waals surface area contributed by atoms with Crippen LogP contribution in [0.25, 0.3) is 0 Å². The second-order valence-electron chi connectivity index (χ2n) is 4.38. The van der Waals surface area contributed by atoms with Gasteiger partial charge < -0.3 is 10.2 Å². The van der Waals surface area contributed by atoms with Gasteiger partial charge in [0.05, 0.1) is 0 Å². The minimum Gasteiger partial charge on any atom is -0.349 e. The van der Waals surface area contributed by atoms with E-state index in [2.05, 4.69) is 21.2 Å². The number of carbonyl (C=O) groups is 1. The number of carbonyl (C=O) groups excluding carboxylic acids is 1. The normalized spacial score (nSPS) is 12.3. The van der Waals surface area contributed by atoms with Gasteiger partial charge in [0.1, 0.15) is 5.82 Å². The summed E-state index contributed by atoms with van der Waals surface area (Å²) in [4.78, 5) is 12.9. The molecule has 0 fully saturated rings. The molecule has 0 spiro atoms. The highest BCUT2D eigenvalue weighted by Gasteiger charge is 2.11. The summed E-state index contributed by atoms with van der Waals surface area (Å²) in [5.74, 6) is -0.179. The number of benzene rings is 1.